The molecular formula is C22H19N3O4S. The Morgan fingerprint density at radius 3 is 2.67 bits per heavy atom. The molecule has 30 heavy (non-hydrogen) atoms. The van der Waals surface area contributed by atoms with Crippen molar-refractivity contribution in [3.63, 3.8) is 0 Å². The first-order valence-electron chi connectivity index (χ1n) is 9.15. The van der Waals surface area contributed by atoms with Gasteiger partial charge in [-0.25, -0.2) is 0 Å². The first-order chi connectivity index (χ1) is 14.7. The summed E-state index contributed by atoms with van der Waals surface area (Å²) >= 11 is 1.55. The van der Waals surface area contributed by atoms with Crippen molar-refractivity contribution in [3.8, 4) is 22.2 Å². The van der Waals surface area contributed by atoms with Crippen LogP contribution < -0.4 is 14.8 Å². The molecule has 1 N–H and O–H groups in total. The number of carbonyl (C=O) groups is 1. The Hall–Kier alpha value is -3.65. The lowest BCUT2D eigenvalue weighted by molar-refractivity contribution is 0.102. The molecule has 0 radical (unpaired) electrons. The highest BCUT2D eigenvalue weighted by atomic mass is 32.1. The first kappa shape index (κ1) is 19.7. The summed E-state index contributed by atoms with van der Waals surface area (Å²) in [4.78, 5) is 18.2. The molecule has 0 spiro atoms. The van der Waals surface area contributed by atoms with Crippen molar-refractivity contribution in [1.29, 1.82) is 0 Å². The van der Waals surface area contributed by atoms with E-state index in [1.807, 2.05) is 41.8 Å². The van der Waals surface area contributed by atoms with Gasteiger partial charge in [0.1, 0.15) is 0 Å². The second-order valence-electron chi connectivity index (χ2n) is 6.35. The monoisotopic (exact) mass is 421 g/mol. The number of benzene rings is 2. The van der Waals surface area contributed by atoms with Gasteiger partial charge in [0.2, 0.25) is 11.7 Å². The summed E-state index contributed by atoms with van der Waals surface area (Å²) in [5.41, 5.74) is 2.00. The molecule has 152 valence electrons. The first-order valence-corrected chi connectivity index (χ1v) is 10.0. The number of aromatic nitrogens is 2. The van der Waals surface area contributed by atoms with Gasteiger partial charge >= 0.3 is 0 Å². The van der Waals surface area contributed by atoms with Gasteiger partial charge in [0.25, 0.3) is 5.91 Å². The molecule has 2 heterocycles. The number of anilines is 1. The minimum Gasteiger partial charge on any atom is -0.493 e. The summed E-state index contributed by atoms with van der Waals surface area (Å²) in [5.74, 6) is 1.84. The van der Waals surface area contributed by atoms with E-state index < -0.39 is 0 Å². The predicted octanol–water partition coefficient (Wildman–Crippen LogP) is 4.66. The molecular weight excluding hydrogens is 402 g/mol. The summed E-state index contributed by atoms with van der Waals surface area (Å²) < 4.78 is 15.9. The van der Waals surface area contributed by atoms with Crippen molar-refractivity contribution < 1.29 is 18.8 Å². The lowest BCUT2D eigenvalue weighted by Crippen LogP contribution is -2.13. The number of thiophene rings is 1. The Kier molecular flexibility index (Phi) is 5.76. The summed E-state index contributed by atoms with van der Waals surface area (Å²) in [6.45, 7) is 0. The number of para-hydroxylation sites is 1. The van der Waals surface area contributed by atoms with Crippen LogP contribution in [-0.2, 0) is 6.42 Å². The van der Waals surface area contributed by atoms with E-state index in [0.717, 1.165) is 10.4 Å². The van der Waals surface area contributed by atoms with E-state index in [0.29, 0.717) is 40.9 Å². The number of nitrogens with one attached hydrogen (secondary N) is 1. The maximum Gasteiger partial charge on any atom is 0.255 e. The van der Waals surface area contributed by atoms with Gasteiger partial charge in [-0.2, -0.15) is 4.98 Å². The third-order valence-electron chi connectivity index (χ3n) is 4.46. The fourth-order valence-electron chi connectivity index (χ4n) is 2.96. The number of ether oxygens (including phenoxy) is 2. The second kappa shape index (κ2) is 8.79. The zero-order chi connectivity index (χ0) is 20.9. The number of carbonyl (C=O) groups excluding carboxylic acids is 1. The average molecular weight is 421 g/mol. The van der Waals surface area contributed by atoms with Crippen LogP contribution >= 0.6 is 11.3 Å². The number of hydrogen-bond donors (Lipinski definition) is 1. The Bertz CT molecular complexity index is 1150. The molecule has 0 saturated carbocycles. The van der Waals surface area contributed by atoms with Crippen molar-refractivity contribution in [2.24, 2.45) is 0 Å². The number of rotatable bonds is 7. The van der Waals surface area contributed by atoms with Crippen molar-refractivity contribution in [1.82, 2.24) is 10.1 Å². The largest absolute Gasteiger partial charge is 0.493 e. The van der Waals surface area contributed by atoms with Crippen LogP contribution in [0.2, 0.25) is 0 Å². The van der Waals surface area contributed by atoms with Crippen molar-refractivity contribution in [3.05, 3.63) is 77.0 Å². The maximum atomic E-state index is 12.8. The van der Waals surface area contributed by atoms with E-state index in [2.05, 4.69) is 15.5 Å². The molecule has 0 saturated heterocycles. The van der Waals surface area contributed by atoms with Crippen LogP contribution in [0.15, 0.2) is 64.5 Å². The molecule has 0 aliphatic rings. The molecule has 1 amide bonds. The number of hydrogen-bond acceptors (Lipinski definition) is 7. The fourth-order valence-corrected chi connectivity index (χ4v) is 3.61. The van der Waals surface area contributed by atoms with Gasteiger partial charge in [0, 0.05) is 11.3 Å². The SMILES string of the molecule is COc1ccc(C(=O)Nc2ccccc2Cc2nc(-c3cccs3)no2)cc1OC. The van der Waals surface area contributed by atoms with Gasteiger partial charge in [-0.05, 0) is 41.3 Å². The normalized spacial score (nSPS) is 10.6. The maximum absolute atomic E-state index is 12.8. The summed E-state index contributed by atoms with van der Waals surface area (Å²) in [7, 11) is 3.08. The van der Waals surface area contributed by atoms with Gasteiger partial charge in [0.15, 0.2) is 11.5 Å². The van der Waals surface area contributed by atoms with Crippen LogP contribution in [0.5, 0.6) is 11.5 Å². The molecule has 8 heteroatoms. The highest BCUT2D eigenvalue weighted by Gasteiger charge is 2.15. The van der Waals surface area contributed by atoms with Crippen LogP contribution in [0.4, 0.5) is 5.69 Å². The number of nitrogens with zero attached hydrogens (tertiary/aromatic N) is 2. The lowest BCUT2D eigenvalue weighted by Gasteiger charge is -2.12. The van der Waals surface area contributed by atoms with E-state index in [1.54, 1.807) is 36.6 Å². The van der Waals surface area contributed by atoms with Crippen molar-refractivity contribution >= 4 is 22.9 Å². The summed E-state index contributed by atoms with van der Waals surface area (Å²) in [6, 6.07) is 16.4. The average Bonchev–Trinajstić information content (AvgIpc) is 3.46. The third-order valence-corrected chi connectivity index (χ3v) is 5.33. The van der Waals surface area contributed by atoms with E-state index in [9.17, 15) is 4.79 Å². The molecule has 0 bridgehead atoms. The minimum atomic E-state index is -0.256. The molecule has 4 aromatic rings. The van der Waals surface area contributed by atoms with Gasteiger partial charge in [-0.3, -0.25) is 4.79 Å². The van der Waals surface area contributed by atoms with E-state index in [4.69, 9.17) is 14.0 Å². The van der Waals surface area contributed by atoms with Crippen LogP contribution in [0.25, 0.3) is 10.7 Å². The summed E-state index contributed by atoms with van der Waals surface area (Å²) in [6.07, 6.45) is 0.404. The fraction of sp³-hybridized carbons (Fsp3) is 0.136. The topological polar surface area (TPSA) is 86.5 Å². The second-order valence-corrected chi connectivity index (χ2v) is 7.29. The molecule has 0 fully saturated rings. The molecule has 7 nitrogen and oxygen atoms in total. The molecule has 0 atom stereocenters. The van der Waals surface area contributed by atoms with Crippen LogP contribution in [0.3, 0.4) is 0 Å². The molecule has 2 aromatic heterocycles. The van der Waals surface area contributed by atoms with Crippen LogP contribution in [-0.4, -0.2) is 30.3 Å². The Balaban J connectivity index is 1.53. The molecule has 0 unspecified atom stereocenters. The molecule has 0 aliphatic heterocycles. The zero-order valence-electron chi connectivity index (χ0n) is 16.4. The smallest absolute Gasteiger partial charge is 0.255 e. The lowest BCUT2D eigenvalue weighted by atomic mass is 10.1. The van der Waals surface area contributed by atoms with Crippen molar-refractivity contribution in [2.75, 3.05) is 19.5 Å². The minimum absolute atomic E-state index is 0.256. The van der Waals surface area contributed by atoms with Crippen LogP contribution in [0.1, 0.15) is 21.8 Å². The van der Waals surface area contributed by atoms with E-state index >= 15 is 0 Å². The number of amides is 1. The Morgan fingerprint density at radius 1 is 1.07 bits per heavy atom. The summed E-state index contributed by atoms with van der Waals surface area (Å²) in [5, 5.41) is 8.95. The predicted molar refractivity (Wildman–Crippen MR) is 114 cm³/mol. The van der Waals surface area contributed by atoms with E-state index in [-0.39, 0.29) is 5.91 Å². The third kappa shape index (κ3) is 4.18. The van der Waals surface area contributed by atoms with Gasteiger partial charge in [-0.15, -0.1) is 11.3 Å². The van der Waals surface area contributed by atoms with Crippen LogP contribution in [0, 0.1) is 0 Å². The van der Waals surface area contributed by atoms with Gasteiger partial charge in [-0.1, -0.05) is 29.4 Å². The quantitative estimate of drug-likeness (QED) is 0.467. The van der Waals surface area contributed by atoms with E-state index in [1.165, 1.54) is 7.11 Å². The van der Waals surface area contributed by atoms with Gasteiger partial charge in [0.05, 0.1) is 25.5 Å². The zero-order valence-corrected chi connectivity index (χ0v) is 17.2. The number of methoxy groups -OCH3 is 2. The Morgan fingerprint density at radius 2 is 1.90 bits per heavy atom. The van der Waals surface area contributed by atoms with Gasteiger partial charge < -0.3 is 19.3 Å². The highest BCUT2D eigenvalue weighted by molar-refractivity contribution is 7.13. The molecule has 2 aromatic carbocycles. The Labute approximate surface area is 177 Å². The standard InChI is InChI=1S/C22H19N3O4S/c1-27-17-10-9-15(12-18(17)28-2)22(26)23-16-7-4-3-6-14(16)13-20-24-21(25-29-20)19-8-5-11-30-19/h3-12H,13H2,1-2H3,(H,23,26). The highest BCUT2D eigenvalue weighted by Crippen LogP contribution is 2.28. The molecule has 0 aliphatic carbocycles. The molecule has 4 rings (SSSR count). The van der Waals surface area contributed by atoms with Crippen molar-refractivity contribution in [2.45, 2.75) is 6.42 Å².